The van der Waals surface area contributed by atoms with Crippen molar-refractivity contribution < 1.29 is 23.0 Å². The van der Waals surface area contributed by atoms with Gasteiger partial charge in [0.05, 0.1) is 17.5 Å². The highest BCUT2D eigenvalue weighted by Crippen LogP contribution is 2.34. The van der Waals surface area contributed by atoms with Gasteiger partial charge in [-0.15, -0.1) is 5.10 Å². The highest BCUT2D eigenvalue weighted by Gasteiger charge is 2.36. The van der Waals surface area contributed by atoms with Gasteiger partial charge in [-0.05, 0) is 63.9 Å². The van der Waals surface area contributed by atoms with E-state index in [-0.39, 0.29) is 29.7 Å². The third kappa shape index (κ3) is 5.10. The quantitative estimate of drug-likeness (QED) is 0.503. The van der Waals surface area contributed by atoms with Crippen molar-refractivity contribution in [2.45, 2.75) is 46.1 Å². The van der Waals surface area contributed by atoms with E-state index in [0.29, 0.717) is 24.0 Å². The third-order valence-corrected chi connectivity index (χ3v) is 5.68. The topological polar surface area (TPSA) is 56.6 Å². The molecule has 1 unspecified atom stereocenters. The number of carbonyl (C=O) groups is 1. The van der Waals surface area contributed by atoms with Crippen LogP contribution in [0.5, 0.6) is 5.88 Å². The number of benzene rings is 2. The van der Waals surface area contributed by atoms with Crippen molar-refractivity contribution in [2.75, 3.05) is 19.7 Å². The van der Waals surface area contributed by atoms with E-state index in [4.69, 9.17) is 9.47 Å². The van der Waals surface area contributed by atoms with Crippen molar-refractivity contribution in [1.82, 2.24) is 14.7 Å². The molecule has 176 valence electrons. The van der Waals surface area contributed by atoms with Crippen LogP contribution in [0, 0.1) is 17.0 Å². The number of rotatable bonds is 4. The molecule has 0 bridgehead atoms. The van der Waals surface area contributed by atoms with Gasteiger partial charge in [-0.2, -0.15) is 0 Å². The number of amides is 1. The maximum Gasteiger partial charge on any atom is 0.410 e. The van der Waals surface area contributed by atoms with Crippen LogP contribution in [0.25, 0.3) is 16.6 Å². The van der Waals surface area contributed by atoms with Crippen LogP contribution in [-0.4, -0.2) is 46.1 Å². The van der Waals surface area contributed by atoms with E-state index in [1.165, 1.54) is 22.9 Å². The Morgan fingerprint density at radius 1 is 1.18 bits per heavy atom. The number of halogens is 2. The largest absolute Gasteiger partial charge is 0.476 e. The Labute approximate surface area is 192 Å². The van der Waals surface area contributed by atoms with E-state index in [1.807, 2.05) is 27.7 Å². The summed E-state index contributed by atoms with van der Waals surface area (Å²) < 4.78 is 41.5. The summed E-state index contributed by atoms with van der Waals surface area (Å²) in [6.45, 7) is 8.93. The van der Waals surface area contributed by atoms with E-state index >= 15 is 0 Å². The summed E-state index contributed by atoms with van der Waals surface area (Å²) in [5.41, 5.74) is -0.106. The minimum Gasteiger partial charge on any atom is -0.476 e. The molecule has 0 saturated carbocycles. The van der Waals surface area contributed by atoms with Crippen molar-refractivity contribution in [3.8, 4) is 11.6 Å². The van der Waals surface area contributed by atoms with Crippen LogP contribution in [0.2, 0.25) is 0 Å². The lowest BCUT2D eigenvalue weighted by Crippen LogP contribution is -2.48. The van der Waals surface area contributed by atoms with Crippen molar-refractivity contribution >= 4 is 17.0 Å². The number of likely N-dealkylation sites (tertiary alicyclic amines) is 1. The molecule has 8 heteroatoms. The highest BCUT2D eigenvalue weighted by atomic mass is 19.1. The zero-order chi connectivity index (χ0) is 23.8. The second-order valence-corrected chi connectivity index (χ2v) is 9.93. The molecule has 1 fully saturated rings. The number of para-hydroxylation sites is 1. The number of nitrogens with zero attached hydrogens (tertiary/aromatic N) is 3. The Bertz CT molecular complexity index is 1170. The molecule has 0 radical (unpaired) electrons. The fourth-order valence-electron chi connectivity index (χ4n) is 4.13. The molecular formula is C25H29F2N3O3. The van der Waals surface area contributed by atoms with Crippen molar-refractivity contribution in [1.29, 1.82) is 0 Å². The summed E-state index contributed by atoms with van der Waals surface area (Å²) in [6, 6.07) is 10.5. The van der Waals surface area contributed by atoms with Gasteiger partial charge in [0.1, 0.15) is 22.9 Å². The first kappa shape index (κ1) is 23.0. The molecule has 2 heterocycles. The molecule has 6 nitrogen and oxygen atoms in total. The monoisotopic (exact) mass is 457 g/mol. The van der Waals surface area contributed by atoms with E-state index in [1.54, 1.807) is 29.2 Å². The lowest BCUT2D eigenvalue weighted by molar-refractivity contribution is -0.00134. The van der Waals surface area contributed by atoms with Gasteiger partial charge in [0.15, 0.2) is 0 Å². The van der Waals surface area contributed by atoms with Crippen LogP contribution in [-0.2, 0) is 4.74 Å². The minimum atomic E-state index is -0.566. The van der Waals surface area contributed by atoms with Crippen molar-refractivity contribution in [3.63, 3.8) is 0 Å². The lowest BCUT2D eigenvalue weighted by Gasteiger charge is -2.40. The third-order valence-electron chi connectivity index (χ3n) is 5.68. The molecule has 1 amide bonds. The Morgan fingerprint density at radius 2 is 1.94 bits per heavy atom. The Kier molecular flexibility index (Phi) is 6.03. The number of fused-ring (bicyclic) bond motifs is 1. The fourth-order valence-corrected chi connectivity index (χ4v) is 4.13. The van der Waals surface area contributed by atoms with E-state index in [0.717, 1.165) is 12.8 Å². The predicted molar refractivity (Wildman–Crippen MR) is 122 cm³/mol. The average Bonchev–Trinajstić information content (AvgIpc) is 3.09. The van der Waals surface area contributed by atoms with Crippen LogP contribution in [0.1, 0.15) is 40.5 Å². The lowest BCUT2D eigenvalue weighted by atomic mass is 9.83. The zero-order valence-electron chi connectivity index (χ0n) is 19.4. The average molecular weight is 458 g/mol. The smallest absolute Gasteiger partial charge is 0.410 e. The summed E-state index contributed by atoms with van der Waals surface area (Å²) in [5, 5.41) is 4.92. The van der Waals surface area contributed by atoms with Gasteiger partial charge >= 0.3 is 6.09 Å². The van der Waals surface area contributed by atoms with E-state index in [2.05, 4.69) is 5.10 Å². The normalized spacial score (nSPS) is 19.0. The van der Waals surface area contributed by atoms with Gasteiger partial charge in [-0.25, -0.2) is 18.3 Å². The Morgan fingerprint density at radius 3 is 2.67 bits per heavy atom. The summed E-state index contributed by atoms with van der Waals surface area (Å²) in [7, 11) is 0. The fraction of sp³-hybridized carbons (Fsp3) is 0.440. The van der Waals surface area contributed by atoms with Crippen LogP contribution in [0.3, 0.4) is 0 Å². The molecule has 1 saturated heterocycles. The van der Waals surface area contributed by atoms with E-state index < -0.39 is 17.2 Å². The summed E-state index contributed by atoms with van der Waals surface area (Å²) in [6.07, 6.45) is 1.33. The predicted octanol–water partition coefficient (Wildman–Crippen LogP) is 5.72. The summed E-state index contributed by atoms with van der Waals surface area (Å²) >= 11 is 0. The molecule has 1 atom stereocenters. The van der Waals surface area contributed by atoms with Gasteiger partial charge in [0.25, 0.3) is 0 Å². The molecule has 1 aliphatic rings. The van der Waals surface area contributed by atoms with Crippen LogP contribution < -0.4 is 4.74 Å². The second kappa shape index (κ2) is 8.65. The Hall–Kier alpha value is -3.16. The van der Waals surface area contributed by atoms with Gasteiger partial charge in [0, 0.05) is 18.5 Å². The zero-order valence-corrected chi connectivity index (χ0v) is 19.4. The van der Waals surface area contributed by atoms with Crippen molar-refractivity contribution in [3.05, 3.63) is 54.1 Å². The first-order valence-corrected chi connectivity index (χ1v) is 11.1. The number of aromatic nitrogens is 2. The number of hydrogen-bond acceptors (Lipinski definition) is 4. The number of hydrogen-bond donors (Lipinski definition) is 0. The SMILES string of the molecule is CC1(COc2nn(-c3ccccc3F)c3ccc(F)cc23)CCCN(C(=O)OC(C)(C)C)C1. The van der Waals surface area contributed by atoms with Crippen LogP contribution in [0.15, 0.2) is 42.5 Å². The maximum absolute atomic E-state index is 14.4. The van der Waals surface area contributed by atoms with Crippen LogP contribution in [0.4, 0.5) is 13.6 Å². The van der Waals surface area contributed by atoms with Gasteiger partial charge in [0.2, 0.25) is 5.88 Å². The minimum absolute atomic E-state index is 0.225. The second-order valence-electron chi connectivity index (χ2n) is 9.93. The molecule has 2 aromatic carbocycles. The maximum atomic E-state index is 14.4. The van der Waals surface area contributed by atoms with E-state index in [9.17, 15) is 13.6 Å². The summed E-state index contributed by atoms with van der Waals surface area (Å²) in [4.78, 5) is 14.3. The number of carbonyl (C=O) groups excluding carboxylic acids is 1. The first-order chi connectivity index (χ1) is 15.5. The highest BCUT2D eigenvalue weighted by molar-refractivity contribution is 5.86. The van der Waals surface area contributed by atoms with Gasteiger partial charge in [-0.3, -0.25) is 0 Å². The standard InChI is InChI=1S/C25H29F2N3O3/c1-24(2,3)33-23(31)29-13-7-12-25(4,15-29)16-32-22-18-14-17(26)10-11-20(18)30(28-22)21-9-6-5-8-19(21)27/h5-6,8-11,14H,7,12-13,15-16H2,1-4H3. The summed E-state index contributed by atoms with van der Waals surface area (Å²) in [5.74, 6) is -0.645. The number of piperidine rings is 1. The molecule has 0 N–H and O–H groups in total. The van der Waals surface area contributed by atoms with Crippen molar-refractivity contribution in [2.24, 2.45) is 5.41 Å². The molecule has 1 aromatic heterocycles. The Balaban J connectivity index is 1.57. The number of ether oxygens (including phenoxy) is 2. The molecule has 0 spiro atoms. The first-order valence-electron chi connectivity index (χ1n) is 11.1. The molecule has 1 aliphatic heterocycles. The molecule has 4 rings (SSSR count). The molecular weight excluding hydrogens is 428 g/mol. The molecule has 3 aromatic rings. The van der Waals surface area contributed by atoms with Crippen LogP contribution >= 0.6 is 0 Å². The van der Waals surface area contributed by atoms with Gasteiger partial charge in [-0.1, -0.05) is 19.1 Å². The molecule has 33 heavy (non-hydrogen) atoms. The molecule has 0 aliphatic carbocycles. The van der Waals surface area contributed by atoms with Gasteiger partial charge < -0.3 is 14.4 Å².